The minimum absolute atomic E-state index is 0.113. The maximum Gasteiger partial charge on any atom is 0.268 e. The highest BCUT2D eigenvalue weighted by molar-refractivity contribution is 7.22. The fourth-order valence-electron chi connectivity index (χ4n) is 3.17. The van der Waals surface area contributed by atoms with Crippen LogP contribution in [0.25, 0.3) is 20.7 Å². The number of rotatable bonds is 6. The number of amides is 1. The smallest absolute Gasteiger partial charge is 0.268 e. The van der Waals surface area contributed by atoms with Crippen LogP contribution in [0.15, 0.2) is 53.3 Å². The molecule has 9 heteroatoms. The normalized spacial score (nSPS) is 11.2. The van der Waals surface area contributed by atoms with Crippen LogP contribution in [0, 0.1) is 12.7 Å². The van der Waals surface area contributed by atoms with E-state index in [4.69, 9.17) is 0 Å². The Morgan fingerprint density at radius 1 is 1.19 bits per heavy atom. The molecule has 0 atom stereocenters. The van der Waals surface area contributed by atoms with E-state index in [1.807, 2.05) is 25.1 Å². The summed E-state index contributed by atoms with van der Waals surface area (Å²) >= 11 is 1.31. The molecular formula is C22H20FN5O2S. The predicted octanol–water partition coefficient (Wildman–Crippen LogP) is 3.56. The summed E-state index contributed by atoms with van der Waals surface area (Å²) in [5.74, 6) is 0.439. The summed E-state index contributed by atoms with van der Waals surface area (Å²) in [6, 6.07) is 13.3. The number of benzene rings is 1. The van der Waals surface area contributed by atoms with E-state index < -0.39 is 0 Å². The molecule has 158 valence electrons. The zero-order valence-corrected chi connectivity index (χ0v) is 17.8. The van der Waals surface area contributed by atoms with Crippen LogP contribution in [-0.4, -0.2) is 39.4 Å². The summed E-state index contributed by atoms with van der Waals surface area (Å²) in [6.45, 7) is 2.26. The number of carbonyl (C=O) groups is 1. The van der Waals surface area contributed by atoms with E-state index in [9.17, 15) is 14.0 Å². The van der Waals surface area contributed by atoms with Gasteiger partial charge in [-0.1, -0.05) is 18.2 Å². The first-order valence-electron chi connectivity index (χ1n) is 9.58. The van der Waals surface area contributed by atoms with Crippen LogP contribution in [0.5, 0.6) is 0 Å². The van der Waals surface area contributed by atoms with Gasteiger partial charge >= 0.3 is 0 Å². The predicted molar refractivity (Wildman–Crippen MR) is 120 cm³/mol. The van der Waals surface area contributed by atoms with Gasteiger partial charge < -0.3 is 10.3 Å². The molecule has 1 amide bonds. The van der Waals surface area contributed by atoms with Crippen molar-refractivity contribution in [3.8, 4) is 10.4 Å². The van der Waals surface area contributed by atoms with Crippen LogP contribution in [0.2, 0.25) is 0 Å². The molecule has 31 heavy (non-hydrogen) atoms. The molecule has 4 rings (SSSR count). The quantitative estimate of drug-likeness (QED) is 0.481. The summed E-state index contributed by atoms with van der Waals surface area (Å²) in [5, 5.41) is 2.76. The van der Waals surface area contributed by atoms with Crippen molar-refractivity contribution in [1.29, 1.82) is 0 Å². The van der Waals surface area contributed by atoms with Gasteiger partial charge in [-0.05, 0) is 49.9 Å². The highest BCUT2D eigenvalue weighted by Crippen LogP contribution is 2.30. The van der Waals surface area contributed by atoms with Crippen LogP contribution in [0.4, 0.5) is 10.2 Å². The molecule has 3 heterocycles. The number of fused-ring (bicyclic) bond motifs is 1. The molecule has 2 N–H and O–H groups in total. The molecule has 0 saturated heterocycles. The monoisotopic (exact) mass is 437 g/mol. The molecule has 0 radical (unpaired) electrons. The Labute approximate surface area is 181 Å². The Hall–Kier alpha value is -3.43. The Balaban J connectivity index is 1.47. The maximum atomic E-state index is 13.2. The van der Waals surface area contributed by atoms with E-state index in [1.54, 1.807) is 30.1 Å². The van der Waals surface area contributed by atoms with E-state index in [0.717, 1.165) is 16.1 Å². The van der Waals surface area contributed by atoms with Crippen molar-refractivity contribution in [2.24, 2.45) is 0 Å². The first-order chi connectivity index (χ1) is 14.9. The second-order valence-electron chi connectivity index (χ2n) is 7.23. The number of anilines is 1. The van der Waals surface area contributed by atoms with E-state index in [2.05, 4.69) is 20.3 Å². The lowest BCUT2D eigenvalue weighted by atomic mass is 10.2. The third kappa shape index (κ3) is 5.01. The molecule has 0 aliphatic heterocycles. The van der Waals surface area contributed by atoms with Gasteiger partial charge in [-0.2, -0.15) is 0 Å². The lowest BCUT2D eigenvalue weighted by molar-refractivity contribution is -0.117. The van der Waals surface area contributed by atoms with Crippen molar-refractivity contribution in [2.45, 2.75) is 13.5 Å². The van der Waals surface area contributed by atoms with E-state index in [0.29, 0.717) is 28.4 Å². The fraction of sp³-hybridized carbons (Fsp3) is 0.182. The topological polar surface area (TPSA) is 91.0 Å². The van der Waals surface area contributed by atoms with Crippen molar-refractivity contribution < 1.29 is 9.18 Å². The third-order valence-corrected chi connectivity index (χ3v) is 5.72. The second kappa shape index (κ2) is 8.75. The number of thiophene rings is 1. The first kappa shape index (κ1) is 20.8. The number of carbonyl (C=O) groups excluding carboxylic acids is 1. The molecule has 0 fully saturated rings. The maximum absolute atomic E-state index is 13.2. The van der Waals surface area contributed by atoms with Crippen molar-refractivity contribution in [2.75, 3.05) is 18.9 Å². The van der Waals surface area contributed by atoms with Crippen LogP contribution >= 0.6 is 11.3 Å². The van der Waals surface area contributed by atoms with Gasteiger partial charge in [-0.25, -0.2) is 14.4 Å². The largest absolute Gasteiger partial charge is 0.310 e. The molecule has 4 aromatic rings. The molecule has 0 saturated carbocycles. The van der Waals surface area contributed by atoms with Gasteiger partial charge in [0.2, 0.25) is 5.91 Å². The highest BCUT2D eigenvalue weighted by Gasteiger charge is 2.13. The summed E-state index contributed by atoms with van der Waals surface area (Å²) in [4.78, 5) is 39.0. The standard InChI is InChI=1S/C22H20FN5O2S/c1-13-4-3-5-18(24-13)26-20(29)12-28(2)11-19-25-16-10-17(31-21(16)22(30)27-19)14-6-8-15(23)9-7-14/h3-10H,11-12H2,1-2H3,(H,24,26,29)(H,25,27,30). The number of aryl methyl sites for hydroxylation is 1. The Morgan fingerprint density at radius 2 is 1.97 bits per heavy atom. The van der Waals surface area contributed by atoms with Gasteiger partial charge in [0.1, 0.15) is 22.2 Å². The highest BCUT2D eigenvalue weighted by atomic mass is 32.1. The number of H-pyrrole nitrogens is 1. The SMILES string of the molecule is Cc1cccc(NC(=O)CN(C)Cc2nc3cc(-c4ccc(F)cc4)sc3c(=O)[nH]2)n1. The van der Waals surface area contributed by atoms with Crippen molar-refractivity contribution in [3.63, 3.8) is 0 Å². The molecule has 0 bridgehead atoms. The summed E-state index contributed by atoms with van der Waals surface area (Å²) in [5.41, 5.74) is 1.98. The van der Waals surface area contributed by atoms with Crippen LogP contribution in [0.3, 0.4) is 0 Å². The van der Waals surface area contributed by atoms with Gasteiger partial charge in [0.15, 0.2) is 0 Å². The number of hydrogen-bond acceptors (Lipinski definition) is 6. The van der Waals surface area contributed by atoms with Crippen LogP contribution in [-0.2, 0) is 11.3 Å². The van der Waals surface area contributed by atoms with Gasteiger partial charge in [0, 0.05) is 10.6 Å². The van der Waals surface area contributed by atoms with Crippen LogP contribution < -0.4 is 10.9 Å². The minimum Gasteiger partial charge on any atom is -0.310 e. The first-order valence-corrected chi connectivity index (χ1v) is 10.4. The minimum atomic E-state index is -0.312. The van der Waals surface area contributed by atoms with Gasteiger partial charge in [-0.15, -0.1) is 11.3 Å². The van der Waals surface area contributed by atoms with E-state index in [1.165, 1.54) is 23.5 Å². The number of aromatic nitrogens is 3. The molecular weight excluding hydrogens is 417 g/mol. The molecule has 3 aromatic heterocycles. The third-order valence-electron chi connectivity index (χ3n) is 4.55. The number of hydrogen-bond donors (Lipinski definition) is 2. The zero-order valence-electron chi connectivity index (χ0n) is 17.0. The lowest BCUT2D eigenvalue weighted by Crippen LogP contribution is -2.31. The molecule has 0 aliphatic carbocycles. The summed E-state index contributed by atoms with van der Waals surface area (Å²) < 4.78 is 13.7. The molecule has 7 nitrogen and oxygen atoms in total. The van der Waals surface area contributed by atoms with Gasteiger partial charge in [0.25, 0.3) is 5.56 Å². The van der Waals surface area contributed by atoms with Gasteiger partial charge in [-0.3, -0.25) is 14.5 Å². The number of likely N-dealkylation sites (N-methyl/N-ethyl adjacent to an activating group) is 1. The van der Waals surface area contributed by atoms with Gasteiger partial charge in [0.05, 0.1) is 18.6 Å². The summed E-state index contributed by atoms with van der Waals surface area (Å²) in [6.07, 6.45) is 0. The molecule has 1 aromatic carbocycles. The molecule has 0 spiro atoms. The fourth-order valence-corrected chi connectivity index (χ4v) is 4.17. The van der Waals surface area contributed by atoms with Crippen molar-refractivity contribution in [1.82, 2.24) is 19.9 Å². The molecule has 0 unspecified atom stereocenters. The number of halogens is 1. The summed E-state index contributed by atoms with van der Waals surface area (Å²) in [7, 11) is 1.77. The number of pyridine rings is 1. The number of nitrogens with zero attached hydrogens (tertiary/aromatic N) is 3. The Bertz CT molecular complexity index is 1300. The average Bonchev–Trinajstić information content (AvgIpc) is 3.13. The van der Waals surface area contributed by atoms with Crippen molar-refractivity contribution >= 4 is 33.3 Å². The Kier molecular flexibility index (Phi) is 5.88. The lowest BCUT2D eigenvalue weighted by Gasteiger charge is -2.15. The van der Waals surface area contributed by atoms with E-state index in [-0.39, 0.29) is 23.8 Å². The number of aromatic amines is 1. The second-order valence-corrected chi connectivity index (χ2v) is 8.28. The van der Waals surface area contributed by atoms with Crippen LogP contribution in [0.1, 0.15) is 11.5 Å². The number of nitrogens with one attached hydrogen (secondary N) is 2. The average molecular weight is 438 g/mol. The zero-order chi connectivity index (χ0) is 22.0. The Morgan fingerprint density at radius 3 is 2.71 bits per heavy atom. The van der Waals surface area contributed by atoms with E-state index >= 15 is 0 Å². The molecule has 0 aliphatic rings. The van der Waals surface area contributed by atoms with Crippen molar-refractivity contribution in [3.05, 3.63) is 76.2 Å².